The van der Waals surface area contributed by atoms with Crippen molar-refractivity contribution in [1.82, 2.24) is 10.2 Å². The fourth-order valence-electron chi connectivity index (χ4n) is 4.57. The van der Waals surface area contributed by atoms with Crippen LogP contribution in [0.2, 0.25) is 5.02 Å². The van der Waals surface area contributed by atoms with Gasteiger partial charge in [0.05, 0.1) is 11.9 Å². The minimum absolute atomic E-state index is 0.0265. The predicted molar refractivity (Wildman–Crippen MR) is 144 cm³/mol. The minimum atomic E-state index is -3.64. The molecular formula is C27H35ClFN3O4S. The van der Waals surface area contributed by atoms with Crippen LogP contribution >= 0.6 is 11.6 Å². The Hall–Kier alpha value is -2.65. The van der Waals surface area contributed by atoms with E-state index in [1.807, 2.05) is 12.1 Å². The third kappa shape index (κ3) is 8.43. The van der Waals surface area contributed by atoms with E-state index in [4.69, 9.17) is 11.6 Å². The second kappa shape index (κ2) is 13.2. The molecule has 1 N–H and O–H groups in total. The normalized spacial score (nSPS) is 15.1. The summed E-state index contributed by atoms with van der Waals surface area (Å²) in [7, 11) is -3.64. The molecule has 1 aliphatic rings. The Bertz CT molecular complexity index is 1170. The van der Waals surface area contributed by atoms with Crippen LogP contribution in [0.3, 0.4) is 0 Å². The summed E-state index contributed by atoms with van der Waals surface area (Å²) in [6.45, 7) is 1.90. The van der Waals surface area contributed by atoms with E-state index in [2.05, 4.69) is 5.32 Å². The summed E-state index contributed by atoms with van der Waals surface area (Å²) in [5, 5.41) is 3.59. The van der Waals surface area contributed by atoms with Crippen LogP contribution in [0.15, 0.2) is 48.5 Å². The van der Waals surface area contributed by atoms with Crippen LogP contribution in [-0.2, 0) is 26.2 Å². The van der Waals surface area contributed by atoms with E-state index in [1.54, 1.807) is 19.1 Å². The first-order valence-electron chi connectivity index (χ1n) is 12.6. The topological polar surface area (TPSA) is 86.8 Å². The first kappa shape index (κ1) is 28.9. The van der Waals surface area contributed by atoms with Crippen LogP contribution in [0.4, 0.5) is 10.1 Å². The van der Waals surface area contributed by atoms with Crippen molar-refractivity contribution < 1.29 is 22.4 Å². The number of sulfonamides is 1. The zero-order valence-electron chi connectivity index (χ0n) is 21.3. The maximum absolute atomic E-state index is 13.4. The summed E-state index contributed by atoms with van der Waals surface area (Å²) in [6, 6.07) is 11.7. The Balaban J connectivity index is 1.72. The highest BCUT2D eigenvalue weighted by molar-refractivity contribution is 7.92. The Morgan fingerprint density at radius 2 is 1.73 bits per heavy atom. The molecule has 10 heteroatoms. The third-order valence-corrected chi connectivity index (χ3v) is 8.25. The van der Waals surface area contributed by atoms with Gasteiger partial charge in [-0.3, -0.25) is 13.9 Å². The monoisotopic (exact) mass is 551 g/mol. The second-order valence-corrected chi connectivity index (χ2v) is 11.9. The Morgan fingerprint density at radius 1 is 1.08 bits per heavy atom. The van der Waals surface area contributed by atoms with Gasteiger partial charge < -0.3 is 10.2 Å². The summed E-state index contributed by atoms with van der Waals surface area (Å²) in [4.78, 5) is 28.0. The SMILES string of the molecule is C[C@H](C(=O)NC1CCCCC1)N(Cc1ccccc1Cl)C(=O)CCCN(c1ccc(F)cc1)S(C)(=O)=O. The Morgan fingerprint density at radius 3 is 2.35 bits per heavy atom. The highest BCUT2D eigenvalue weighted by atomic mass is 35.5. The van der Waals surface area contributed by atoms with E-state index in [1.165, 1.54) is 35.6 Å². The molecule has 1 saturated carbocycles. The van der Waals surface area contributed by atoms with Crippen molar-refractivity contribution in [2.45, 2.75) is 70.5 Å². The van der Waals surface area contributed by atoms with Gasteiger partial charge in [-0.25, -0.2) is 12.8 Å². The first-order chi connectivity index (χ1) is 17.6. The van der Waals surface area contributed by atoms with Gasteiger partial charge in [0.1, 0.15) is 11.9 Å². The molecule has 0 aliphatic heterocycles. The highest BCUT2D eigenvalue weighted by Crippen LogP contribution is 2.22. The lowest BCUT2D eigenvalue weighted by Crippen LogP contribution is -2.50. The number of carbonyl (C=O) groups excluding carboxylic acids is 2. The van der Waals surface area contributed by atoms with Crippen LogP contribution in [0.1, 0.15) is 57.4 Å². The quantitative estimate of drug-likeness (QED) is 0.431. The predicted octanol–water partition coefficient (Wildman–Crippen LogP) is 4.89. The fraction of sp³-hybridized carbons (Fsp3) is 0.481. The van der Waals surface area contributed by atoms with E-state index >= 15 is 0 Å². The van der Waals surface area contributed by atoms with Gasteiger partial charge in [0.15, 0.2) is 0 Å². The average molecular weight is 552 g/mol. The van der Waals surface area contributed by atoms with Gasteiger partial charge in [0.2, 0.25) is 21.8 Å². The first-order valence-corrected chi connectivity index (χ1v) is 14.9. The lowest BCUT2D eigenvalue weighted by Gasteiger charge is -2.31. The number of hydrogen-bond acceptors (Lipinski definition) is 4. The fourth-order valence-corrected chi connectivity index (χ4v) is 5.73. The summed E-state index contributed by atoms with van der Waals surface area (Å²) in [6.07, 6.45) is 6.50. The molecule has 37 heavy (non-hydrogen) atoms. The van der Waals surface area contributed by atoms with Gasteiger partial charge in [-0.2, -0.15) is 0 Å². The molecule has 1 atom stereocenters. The molecule has 1 fully saturated rings. The molecule has 2 aromatic rings. The van der Waals surface area contributed by atoms with Gasteiger partial charge in [0.25, 0.3) is 0 Å². The van der Waals surface area contributed by atoms with E-state index in [9.17, 15) is 22.4 Å². The maximum Gasteiger partial charge on any atom is 0.242 e. The molecule has 3 rings (SSSR count). The van der Waals surface area contributed by atoms with Crippen molar-refractivity contribution in [2.24, 2.45) is 0 Å². The lowest BCUT2D eigenvalue weighted by molar-refractivity contribution is -0.141. The third-order valence-electron chi connectivity index (χ3n) is 6.68. The van der Waals surface area contributed by atoms with Gasteiger partial charge in [-0.1, -0.05) is 49.1 Å². The number of nitrogens with one attached hydrogen (secondary N) is 1. The van der Waals surface area contributed by atoms with Crippen molar-refractivity contribution in [3.63, 3.8) is 0 Å². The molecule has 0 bridgehead atoms. The summed E-state index contributed by atoms with van der Waals surface area (Å²) in [5.41, 5.74) is 1.04. The van der Waals surface area contributed by atoms with Crippen molar-refractivity contribution in [1.29, 1.82) is 0 Å². The van der Waals surface area contributed by atoms with Crippen molar-refractivity contribution in [2.75, 3.05) is 17.1 Å². The molecular weight excluding hydrogens is 517 g/mol. The van der Waals surface area contributed by atoms with Gasteiger partial charge in [0, 0.05) is 30.6 Å². The van der Waals surface area contributed by atoms with E-state index in [0.717, 1.165) is 41.8 Å². The maximum atomic E-state index is 13.4. The molecule has 0 saturated heterocycles. The number of benzene rings is 2. The molecule has 0 spiro atoms. The highest BCUT2D eigenvalue weighted by Gasteiger charge is 2.29. The van der Waals surface area contributed by atoms with Crippen LogP contribution < -0.4 is 9.62 Å². The molecule has 0 unspecified atom stereocenters. The number of nitrogens with zero attached hydrogens (tertiary/aromatic N) is 2. The summed E-state index contributed by atoms with van der Waals surface area (Å²) >= 11 is 6.35. The minimum Gasteiger partial charge on any atom is -0.352 e. The number of rotatable bonds is 11. The Kier molecular flexibility index (Phi) is 10.3. The zero-order chi connectivity index (χ0) is 27.0. The van der Waals surface area contributed by atoms with Crippen LogP contribution in [-0.4, -0.2) is 50.0 Å². The van der Waals surface area contributed by atoms with Crippen LogP contribution in [0, 0.1) is 5.82 Å². The van der Waals surface area contributed by atoms with Crippen molar-refractivity contribution in [3.05, 3.63) is 64.9 Å². The lowest BCUT2D eigenvalue weighted by atomic mass is 9.95. The molecule has 0 radical (unpaired) electrons. The molecule has 0 heterocycles. The van der Waals surface area contributed by atoms with Crippen LogP contribution in [0.25, 0.3) is 0 Å². The van der Waals surface area contributed by atoms with Gasteiger partial charge in [-0.05, 0) is 62.1 Å². The number of anilines is 1. The number of amides is 2. The number of halogens is 2. The number of carbonyl (C=O) groups is 2. The van der Waals surface area contributed by atoms with Gasteiger partial charge in [-0.15, -0.1) is 0 Å². The van der Waals surface area contributed by atoms with Crippen LogP contribution in [0.5, 0.6) is 0 Å². The number of hydrogen-bond donors (Lipinski definition) is 1. The summed E-state index contributed by atoms with van der Waals surface area (Å²) in [5.74, 6) is -0.960. The molecule has 0 aromatic heterocycles. The molecule has 2 amide bonds. The van der Waals surface area contributed by atoms with Gasteiger partial charge >= 0.3 is 0 Å². The second-order valence-electron chi connectivity index (χ2n) is 9.55. The zero-order valence-corrected chi connectivity index (χ0v) is 22.9. The van der Waals surface area contributed by atoms with E-state index in [0.29, 0.717) is 10.7 Å². The molecule has 2 aromatic carbocycles. The molecule has 202 valence electrons. The van der Waals surface area contributed by atoms with E-state index < -0.39 is 21.9 Å². The molecule has 7 nitrogen and oxygen atoms in total. The molecule has 1 aliphatic carbocycles. The summed E-state index contributed by atoms with van der Waals surface area (Å²) < 4.78 is 39.2. The Labute approximate surface area is 224 Å². The van der Waals surface area contributed by atoms with E-state index in [-0.39, 0.29) is 43.8 Å². The van der Waals surface area contributed by atoms with Crippen molar-refractivity contribution >= 4 is 39.1 Å². The standard InChI is InChI=1S/C27H35ClFN3O4S/c1-20(27(34)30-23-10-4-3-5-11-23)31(19-21-9-6-7-12-25(21)28)26(33)13-8-18-32(37(2,35)36)24-16-14-22(29)15-17-24/h6-7,9,12,14-17,20,23H,3-5,8,10-11,13,18-19H2,1-2H3,(H,30,34)/t20-/m1/s1. The largest absolute Gasteiger partial charge is 0.352 e. The smallest absolute Gasteiger partial charge is 0.242 e. The average Bonchev–Trinajstić information content (AvgIpc) is 2.86. The van der Waals surface area contributed by atoms with Crippen molar-refractivity contribution in [3.8, 4) is 0 Å².